The lowest BCUT2D eigenvalue weighted by Crippen LogP contribution is -2.01. The van der Waals surface area contributed by atoms with Gasteiger partial charge in [0.25, 0.3) is 0 Å². The highest BCUT2D eigenvalue weighted by atomic mass is 16.3. The van der Waals surface area contributed by atoms with Gasteiger partial charge >= 0.3 is 0 Å². The fourth-order valence-corrected chi connectivity index (χ4v) is 15.4. The molecule has 21 rings (SSSR count). The molecule has 21 aromatic rings. The highest BCUT2D eigenvalue weighted by molar-refractivity contribution is 6.14. The minimum absolute atomic E-state index is 0.568. The van der Waals surface area contributed by atoms with Gasteiger partial charge in [-0.15, -0.1) is 0 Å². The molecule has 5 aromatic heterocycles. The number of nitrogens with zero attached hydrogens (tertiary/aromatic N) is 8. The van der Waals surface area contributed by atoms with Gasteiger partial charge in [0, 0.05) is 66.2 Å². The standard InChI is InChI=1S/C99H60N8O2/c1-2-15-67(16-3-1)93-101-94(70-45-37-65(38-46-70)75-52-56-92-86(59-75)83-24-9-13-28-90(83)109-92)106-98(102-93)72-49-53-78(54-50-72)107-88-26-11-10-25-87(88)100-99(107)77-19-14-18-73(57-77)63-35-43-69(44-36-63)96-103-95(104-97(105-96)71-47-39-66(40-48-71)84-60-76-17-4-5-20-79(76)80-21-6-7-22-81(80)84)68-41-33-62(34-42-68)61-29-31-64(32-30-61)74-51-55-91-85(58-74)82-23-8-12-27-89(82)108-91/h1-60H. The van der Waals surface area contributed by atoms with Crippen molar-refractivity contribution in [1.82, 2.24) is 39.5 Å². The average molecular weight is 1390 g/mol. The third-order valence-electron chi connectivity index (χ3n) is 21.0. The van der Waals surface area contributed by atoms with E-state index in [0.717, 1.165) is 155 Å². The van der Waals surface area contributed by atoms with Gasteiger partial charge in [0.1, 0.15) is 28.2 Å². The number of imidazole rings is 1. The molecule has 0 unspecified atom stereocenters. The Morgan fingerprint density at radius 2 is 0.532 bits per heavy atom. The van der Waals surface area contributed by atoms with E-state index in [1.807, 2.05) is 66.7 Å². The third-order valence-corrected chi connectivity index (χ3v) is 21.0. The summed E-state index contributed by atoms with van der Waals surface area (Å²) in [6, 6.07) is 127. The van der Waals surface area contributed by atoms with Gasteiger partial charge in [0.15, 0.2) is 34.9 Å². The van der Waals surface area contributed by atoms with Crippen molar-refractivity contribution >= 4 is 76.5 Å². The van der Waals surface area contributed by atoms with Crippen LogP contribution in [0.1, 0.15) is 0 Å². The number of furan rings is 2. The Kier molecular flexibility index (Phi) is 15.0. The quantitative estimate of drug-likeness (QED) is 0.104. The first-order valence-corrected chi connectivity index (χ1v) is 36.5. The van der Waals surface area contributed by atoms with Gasteiger partial charge in [-0.05, 0) is 162 Å². The molecule has 0 fully saturated rings. The largest absolute Gasteiger partial charge is 0.456 e. The summed E-state index contributed by atoms with van der Waals surface area (Å²) < 4.78 is 14.5. The highest BCUT2D eigenvalue weighted by Crippen LogP contribution is 2.41. The van der Waals surface area contributed by atoms with Crippen LogP contribution in [-0.4, -0.2) is 39.5 Å². The van der Waals surface area contributed by atoms with Gasteiger partial charge in [0.05, 0.1) is 11.0 Å². The van der Waals surface area contributed by atoms with Gasteiger partial charge in [0.2, 0.25) is 0 Å². The topological polar surface area (TPSA) is 121 Å². The molecular weight excluding hydrogens is 1330 g/mol. The van der Waals surface area contributed by atoms with Gasteiger partial charge in [-0.2, -0.15) is 0 Å². The summed E-state index contributed by atoms with van der Waals surface area (Å²) in [5.74, 6) is 4.28. The summed E-state index contributed by atoms with van der Waals surface area (Å²) in [5, 5.41) is 9.29. The number of aromatic nitrogens is 8. The third kappa shape index (κ3) is 11.4. The molecule has 0 amide bonds. The van der Waals surface area contributed by atoms with Crippen molar-refractivity contribution in [3.63, 3.8) is 0 Å². The number of hydrogen-bond donors (Lipinski definition) is 0. The first-order chi connectivity index (χ1) is 53.9. The van der Waals surface area contributed by atoms with Crippen molar-refractivity contribution in [3.8, 4) is 141 Å². The van der Waals surface area contributed by atoms with Crippen LogP contribution in [0.4, 0.5) is 0 Å². The van der Waals surface area contributed by atoms with E-state index in [9.17, 15) is 0 Å². The summed E-state index contributed by atoms with van der Waals surface area (Å²) in [4.78, 5) is 36.4. The summed E-state index contributed by atoms with van der Waals surface area (Å²) in [5.41, 5.74) is 23.6. The molecule has 0 aliphatic heterocycles. The fourth-order valence-electron chi connectivity index (χ4n) is 15.4. The van der Waals surface area contributed by atoms with Crippen molar-refractivity contribution in [1.29, 1.82) is 0 Å². The van der Waals surface area contributed by atoms with Crippen molar-refractivity contribution in [2.45, 2.75) is 0 Å². The Bertz CT molecular complexity index is 7110. The van der Waals surface area contributed by atoms with E-state index in [-0.39, 0.29) is 0 Å². The number of hydrogen-bond acceptors (Lipinski definition) is 9. The fraction of sp³-hybridized carbons (Fsp3) is 0. The normalized spacial score (nSPS) is 11.7. The molecule has 10 heteroatoms. The molecule has 16 aromatic carbocycles. The van der Waals surface area contributed by atoms with E-state index in [1.54, 1.807) is 0 Å². The molecule has 0 saturated carbocycles. The molecule has 0 aliphatic rings. The molecule has 10 nitrogen and oxygen atoms in total. The molecular formula is C99H60N8O2. The smallest absolute Gasteiger partial charge is 0.164 e. The first kappa shape index (κ1) is 62.7. The van der Waals surface area contributed by atoms with Crippen molar-refractivity contribution in [2.75, 3.05) is 0 Å². The van der Waals surface area contributed by atoms with Gasteiger partial charge in [-0.25, -0.2) is 34.9 Å². The molecule has 0 N–H and O–H groups in total. The average Bonchev–Trinajstić information content (AvgIpc) is 1.72. The van der Waals surface area contributed by atoms with Gasteiger partial charge < -0.3 is 8.83 Å². The lowest BCUT2D eigenvalue weighted by atomic mass is 9.93. The van der Waals surface area contributed by atoms with E-state index in [0.29, 0.717) is 34.9 Å². The molecule has 0 radical (unpaired) electrons. The van der Waals surface area contributed by atoms with Crippen LogP contribution in [0.15, 0.2) is 373 Å². The van der Waals surface area contributed by atoms with Crippen molar-refractivity contribution < 1.29 is 8.83 Å². The number of benzene rings is 16. The van der Waals surface area contributed by atoms with Crippen LogP contribution >= 0.6 is 0 Å². The lowest BCUT2D eigenvalue weighted by Gasteiger charge is -2.13. The monoisotopic (exact) mass is 1390 g/mol. The molecule has 508 valence electrons. The minimum Gasteiger partial charge on any atom is -0.456 e. The van der Waals surface area contributed by atoms with Gasteiger partial charge in [-0.1, -0.05) is 279 Å². The maximum Gasteiger partial charge on any atom is 0.164 e. The van der Waals surface area contributed by atoms with Crippen LogP contribution < -0.4 is 0 Å². The number of fused-ring (bicyclic) bond motifs is 10. The van der Waals surface area contributed by atoms with E-state index < -0.39 is 0 Å². The van der Waals surface area contributed by atoms with E-state index >= 15 is 0 Å². The summed E-state index contributed by atoms with van der Waals surface area (Å²) in [6.07, 6.45) is 0. The molecule has 0 saturated heterocycles. The van der Waals surface area contributed by atoms with Crippen LogP contribution in [0, 0.1) is 0 Å². The number of rotatable bonds is 13. The summed E-state index contributed by atoms with van der Waals surface area (Å²) in [7, 11) is 0. The highest BCUT2D eigenvalue weighted by Gasteiger charge is 2.21. The van der Waals surface area contributed by atoms with Crippen LogP contribution in [0.5, 0.6) is 0 Å². The maximum atomic E-state index is 6.14. The number of para-hydroxylation sites is 4. The van der Waals surface area contributed by atoms with Crippen molar-refractivity contribution in [3.05, 3.63) is 364 Å². The zero-order valence-corrected chi connectivity index (χ0v) is 58.5. The lowest BCUT2D eigenvalue weighted by molar-refractivity contribution is 0.668. The second kappa shape index (κ2) is 26.1. The molecule has 0 atom stereocenters. The summed E-state index contributed by atoms with van der Waals surface area (Å²) >= 11 is 0. The van der Waals surface area contributed by atoms with Crippen LogP contribution in [0.2, 0.25) is 0 Å². The van der Waals surface area contributed by atoms with E-state index in [2.05, 4.69) is 302 Å². The zero-order chi connectivity index (χ0) is 71.9. The van der Waals surface area contributed by atoms with E-state index in [1.165, 1.54) is 27.1 Å². The summed E-state index contributed by atoms with van der Waals surface area (Å²) in [6.45, 7) is 0. The van der Waals surface area contributed by atoms with Crippen molar-refractivity contribution in [2.24, 2.45) is 0 Å². The second-order valence-electron chi connectivity index (χ2n) is 27.6. The molecule has 5 heterocycles. The Balaban J connectivity index is 0.589. The second-order valence-corrected chi connectivity index (χ2v) is 27.6. The molecule has 0 spiro atoms. The molecule has 0 bridgehead atoms. The van der Waals surface area contributed by atoms with E-state index in [4.69, 9.17) is 43.7 Å². The molecule has 0 aliphatic carbocycles. The SMILES string of the molecule is c1ccc(-c2nc(-c3ccc(-c4ccc5oc6ccccc6c5c4)cc3)nc(-c3ccc(-n4c(-c5cccc(-c6ccc(-c7nc(-c8ccc(-c9ccc(-c%10ccc%11oc%12ccccc%12c%11c%10)cc9)cc8)nc(-c8ccc(-c9cc%10ccccc%10c%10ccccc9%10)cc8)n7)cc6)c5)nc5ccccc54)cc3)n2)cc1. The predicted octanol–water partition coefficient (Wildman–Crippen LogP) is 25.5. The first-order valence-electron chi connectivity index (χ1n) is 36.5. The maximum absolute atomic E-state index is 6.14. The van der Waals surface area contributed by atoms with Gasteiger partial charge in [-0.3, -0.25) is 4.57 Å². The van der Waals surface area contributed by atoms with Crippen LogP contribution in [0.25, 0.3) is 217 Å². The Morgan fingerprint density at radius 3 is 1.04 bits per heavy atom. The Labute approximate surface area is 625 Å². The molecule has 109 heavy (non-hydrogen) atoms. The van der Waals surface area contributed by atoms with Crippen LogP contribution in [-0.2, 0) is 0 Å². The van der Waals surface area contributed by atoms with Crippen LogP contribution in [0.3, 0.4) is 0 Å². The minimum atomic E-state index is 0.568. The Hall–Kier alpha value is -14.9. The predicted molar refractivity (Wildman–Crippen MR) is 443 cm³/mol. The zero-order valence-electron chi connectivity index (χ0n) is 58.5. The Morgan fingerprint density at radius 1 is 0.193 bits per heavy atom.